The first kappa shape index (κ1) is 16.8. The first-order valence-corrected chi connectivity index (χ1v) is 8.43. The molecule has 0 saturated carbocycles. The summed E-state index contributed by atoms with van der Waals surface area (Å²) < 4.78 is 0. The molecular formula is C19H16N4O4. The van der Waals surface area contributed by atoms with E-state index in [0.717, 1.165) is 0 Å². The Balaban J connectivity index is 1.83. The van der Waals surface area contributed by atoms with E-state index in [0.29, 0.717) is 28.0 Å². The van der Waals surface area contributed by atoms with Gasteiger partial charge in [0.25, 0.3) is 5.91 Å². The van der Waals surface area contributed by atoms with E-state index in [2.05, 4.69) is 15.3 Å². The van der Waals surface area contributed by atoms with Crippen molar-refractivity contribution in [3.63, 3.8) is 0 Å². The second-order valence-electron chi connectivity index (χ2n) is 6.46. The molecule has 3 N–H and O–H groups in total. The zero-order valence-electron chi connectivity index (χ0n) is 14.4. The highest BCUT2D eigenvalue weighted by Gasteiger charge is 2.30. The van der Waals surface area contributed by atoms with E-state index >= 15 is 0 Å². The summed E-state index contributed by atoms with van der Waals surface area (Å²) in [5.41, 5.74) is 0.764. The lowest BCUT2D eigenvalue weighted by atomic mass is 10.1. The maximum Gasteiger partial charge on any atom is 0.314 e. The third kappa shape index (κ3) is 2.91. The number of benzene rings is 2. The maximum atomic E-state index is 13.3. The van der Waals surface area contributed by atoms with Gasteiger partial charge in [-0.2, -0.15) is 0 Å². The predicted molar refractivity (Wildman–Crippen MR) is 101 cm³/mol. The van der Waals surface area contributed by atoms with Gasteiger partial charge in [-0.15, -0.1) is 0 Å². The van der Waals surface area contributed by atoms with Crippen LogP contribution in [0.25, 0.3) is 11.0 Å². The maximum absolute atomic E-state index is 13.3. The van der Waals surface area contributed by atoms with Crippen LogP contribution in [0.3, 0.4) is 0 Å². The molecule has 4 rings (SSSR count). The smallest absolute Gasteiger partial charge is 0.314 e. The molecule has 0 saturated heterocycles. The van der Waals surface area contributed by atoms with Crippen molar-refractivity contribution in [2.24, 2.45) is 0 Å². The quantitative estimate of drug-likeness (QED) is 0.569. The van der Waals surface area contributed by atoms with Gasteiger partial charge in [0.1, 0.15) is 0 Å². The summed E-state index contributed by atoms with van der Waals surface area (Å²) in [7, 11) is 0. The standard InChI is InChI=1S/C19H16N4O4/c1-10-8-16(24)20-13-4-2-3-5-15(13)23(10)19(27)11-6-7-12-14(9-11)22-18(26)17(25)21-12/h2-7,9-10H,8H2,1H3,(H,20,24)(H,21,25)(H,22,26). The Bertz CT molecular complexity index is 1190. The van der Waals surface area contributed by atoms with Crippen LogP contribution in [0.4, 0.5) is 11.4 Å². The lowest BCUT2D eigenvalue weighted by molar-refractivity contribution is -0.116. The number of nitrogens with zero attached hydrogens (tertiary/aromatic N) is 1. The average molecular weight is 364 g/mol. The number of H-pyrrole nitrogens is 2. The molecule has 1 aliphatic heterocycles. The van der Waals surface area contributed by atoms with Gasteiger partial charge in [0.05, 0.1) is 22.4 Å². The van der Waals surface area contributed by atoms with E-state index in [-0.39, 0.29) is 24.3 Å². The van der Waals surface area contributed by atoms with Gasteiger partial charge in [0, 0.05) is 18.0 Å². The number of hydrogen-bond acceptors (Lipinski definition) is 4. The molecule has 0 radical (unpaired) electrons. The van der Waals surface area contributed by atoms with Crippen LogP contribution in [0.15, 0.2) is 52.1 Å². The fourth-order valence-electron chi connectivity index (χ4n) is 3.28. The Morgan fingerprint density at radius 3 is 2.48 bits per heavy atom. The normalized spacial score (nSPS) is 16.6. The summed E-state index contributed by atoms with van der Waals surface area (Å²) in [6, 6.07) is 11.4. The molecule has 0 aliphatic carbocycles. The minimum Gasteiger partial charge on any atom is -0.324 e. The van der Waals surface area contributed by atoms with E-state index in [1.54, 1.807) is 48.2 Å². The molecule has 1 aliphatic rings. The molecule has 2 heterocycles. The number of para-hydroxylation sites is 2. The number of hydrogen-bond donors (Lipinski definition) is 3. The van der Waals surface area contributed by atoms with Crippen LogP contribution >= 0.6 is 0 Å². The van der Waals surface area contributed by atoms with E-state index < -0.39 is 11.1 Å². The Labute approximate surface area is 152 Å². The molecule has 136 valence electrons. The molecule has 8 nitrogen and oxygen atoms in total. The van der Waals surface area contributed by atoms with Crippen molar-refractivity contribution >= 4 is 34.2 Å². The van der Waals surface area contributed by atoms with Gasteiger partial charge >= 0.3 is 11.1 Å². The summed E-state index contributed by atoms with van der Waals surface area (Å²) in [5.74, 6) is -0.467. The lowest BCUT2D eigenvalue weighted by Gasteiger charge is -2.28. The van der Waals surface area contributed by atoms with Crippen LogP contribution in [-0.4, -0.2) is 27.8 Å². The van der Waals surface area contributed by atoms with E-state index in [4.69, 9.17) is 0 Å². The third-order valence-corrected chi connectivity index (χ3v) is 4.55. The summed E-state index contributed by atoms with van der Waals surface area (Å²) >= 11 is 0. The number of fused-ring (bicyclic) bond motifs is 2. The van der Waals surface area contributed by atoms with Crippen LogP contribution in [0.1, 0.15) is 23.7 Å². The van der Waals surface area contributed by atoms with Crippen molar-refractivity contribution in [1.29, 1.82) is 0 Å². The number of nitrogens with one attached hydrogen (secondary N) is 3. The van der Waals surface area contributed by atoms with Crippen LogP contribution in [0.5, 0.6) is 0 Å². The summed E-state index contributed by atoms with van der Waals surface area (Å²) in [5, 5.41) is 2.81. The molecule has 1 unspecified atom stereocenters. The predicted octanol–water partition coefficient (Wildman–Crippen LogP) is 1.59. The fraction of sp³-hybridized carbons (Fsp3) is 0.158. The molecule has 8 heteroatoms. The molecule has 1 atom stereocenters. The minimum absolute atomic E-state index is 0.161. The van der Waals surface area contributed by atoms with Crippen LogP contribution < -0.4 is 21.3 Å². The Morgan fingerprint density at radius 2 is 1.70 bits per heavy atom. The number of aromatic nitrogens is 2. The lowest BCUT2D eigenvalue weighted by Crippen LogP contribution is -2.39. The fourth-order valence-corrected chi connectivity index (χ4v) is 3.28. The highest BCUT2D eigenvalue weighted by Crippen LogP contribution is 2.32. The third-order valence-electron chi connectivity index (χ3n) is 4.55. The summed E-state index contributed by atoms with van der Waals surface area (Å²) in [6.45, 7) is 1.81. The van der Waals surface area contributed by atoms with Crippen molar-refractivity contribution in [2.75, 3.05) is 10.2 Å². The SMILES string of the molecule is CC1CC(=O)Nc2ccccc2N1C(=O)c1ccc2[nH]c(=O)c(=O)[nH]c2c1. The number of carbonyl (C=O) groups excluding carboxylic acids is 2. The van der Waals surface area contributed by atoms with Crippen molar-refractivity contribution < 1.29 is 9.59 Å². The zero-order valence-corrected chi connectivity index (χ0v) is 14.4. The molecule has 3 aromatic rings. The second kappa shape index (κ2) is 6.24. The average Bonchev–Trinajstić information content (AvgIpc) is 2.76. The first-order valence-electron chi connectivity index (χ1n) is 8.43. The van der Waals surface area contributed by atoms with Gasteiger partial charge in [0.15, 0.2) is 0 Å². The number of amides is 2. The molecule has 0 spiro atoms. The van der Waals surface area contributed by atoms with Crippen molar-refractivity contribution in [3.05, 3.63) is 68.7 Å². The van der Waals surface area contributed by atoms with Gasteiger partial charge in [0.2, 0.25) is 5.91 Å². The van der Waals surface area contributed by atoms with Gasteiger partial charge in [-0.25, -0.2) is 0 Å². The molecule has 2 aromatic carbocycles. The topological polar surface area (TPSA) is 115 Å². The molecule has 1 aromatic heterocycles. The second-order valence-corrected chi connectivity index (χ2v) is 6.46. The van der Waals surface area contributed by atoms with Gasteiger partial charge in [-0.3, -0.25) is 19.2 Å². The zero-order chi connectivity index (χ0) is 19.1. The number of aromatic amines is 2. The van der Waals surface area contributed by atoms with Gasteiger partial charge < -0.3 is 20.2 Å². The molecule has 0 bridgehead atoms. The van der Waals surface area contributed by atoms with E-state index in [1.165, 1.54) is 6.07 Å². The number of rotatable bonds is 1. The molecular weight excluding hydrogens is 348 g/mol. The first-order chi connectivity index (χ1) is 12.9. The van der Waals surface area contributed by atoms with Crippen molar-refractivity contribution in [2.45, 2.75) is 19.4 Å². The minimum atomic E-state index is -0.782. The monoisotopic (exact) mass is 364 g/mol. The summed E-state index contributed by atoms with van der Waals surface area (Å²) in [4.78, 5) is 54.8. The van der Waals surface area contributed by atoms with Crippen LogP contribution in [-0.2, 0) is 4.79 Å². The molecule has 0 fully saturated rings. The van der Waals surface area contributed by atoms with Crippen molar-refractivity contribution in [1.82, 2.24) is 9.97 Å². The van der Waals surface area contributed by atoms with Gasteiger partial charge in [-0.05, 0) is 37.3 Å². The largest absolute Gasteiger partial charge is 0.324 e. The summed E-state index contributed by atoms with van der Waals surface area (Å²) in [6.07, 6.45) is 0.165. The molecule has 27 heavy (non-hydrogen) atoms. The van der Waals surface area contributed by atoms with E-state index in [1.807, 2.05) is 0 Å². The highest BCUT2D eigenvalue weighted by atomic mass is 16.2. The van der Waals surface area contributed by atoms with Gasteiger partial charge in [-0.1, -0.05) is 12.1 Å². The van der Waals surface area contributed by atoms with Crippen molar-refractivity contribution in [3.8, 4) is 0 Å². The van der Waals surface area contributed by atoms with Crippen LogP contribution in [0, 0.1) is 0 Å². The Hall–Kier alpha value is -3.68. The number of carbonyl (C=O) groups is 2. The molecule has 2 amide bonds. The Kier molecular flexibility index (Phi) is 3.88. The highest BCUT2D eigenvalue weighted by molar-refractivity contribution is 6.11. The van der Waals surface area contributed by atoms with Crippen LogP contribution in [0.2, 0.25) is 0 Å². The number of anilines is 2. The Morgan fingerprint density at radius 1 is 1.00 bits per heavy atom. The van der Waals surface area contributed by atoms with E-state index in [9.17, 15) is 19.2 Å².